The molecule has 0 saturated heterocycles. The largest absolute Gasteiger partial charge is 0.363 e. The van der Waals surface area contributed by atoms with Gasteiger partial charge in [0.05, 0.1) is 16.3 Å². The molecule has 0 N–H and O–H groups in total. The van der Waals surface area contributed by atoms with Gasteiger partial charge in [0.15, 0.2) is 5.78 Å². The van der Waals surface area contributed by atoms with Crippen LogP contribution in [0.3, 0.4) is 0 Å². The molecule has 0 fully saturated rings. The second kappa shape index (κ2) is 7.94. The van der Waals surface area contributed by atoms with E-state index in [1.807, 2.05) is 45.9 Å². The summed E-state index contributed by atoms with van der Waals surface area (Å²) in [5.41, 5.74) is 1.36. The van der Waals surface area contributed by atoms with Gasteiger partial charge in [-0.1, -0.05) is 51.7 Å². The fourth-order valence-electron chi connectivity index (χ4n) is 2.44. The SMILES string of the molecule is C#CCOC(C)(C)CCC(C)(C(=O)CBr)c1cccc(C)c1. The molecule has 0 aliphatic carbocycles. The maximum Gasteiger partial charge on any atom is 0.153 e. The van der Waals surface area contributed by atoms with E-state index in [9.17, 15) is 4.79 Å². The molecule has 1 aromatic rings. The Morgan fingerprint density at radius 2 is 2.00 bits per heavy atom. The van der Waals surface area contributed by atoms with Crippen LogP contribution in [0.4, 0.5) is 0 Å². The fraction of sp³-hybridized carbons (Fsp3) is 0.526. The third-order valence-electron chi connectivity index (χ3n) is 4.17. The van der Waals surface area contributed by atoms with Crippen LogP contribution in [0.1, 0.15) is 44.7 Å². The normalized spacial score (nSPS) is 14.2. The van der Waals surface area contributed by atoms with E-state index < -0.39 is 5.41 Å². The second-order valence-corrected chi connectivity index (χ2v) is 7.07. The Labute approximate surface area is 142 Å². The molecule has 0 heterocycles. The number of Topliss-reactive ketones (excluding diaryl/α,β-unsaturated/α-hetero) is 1. The summed E-state index contributed by atoms with van der Waals surface area (Å²) in [5, 5.41) is 0.350. The Morgan fingerprint density at radius 1 is 1.32 bits per heavy atom. The molecule has 0 aromatic heterocycles. The highest BCUT2D eigenvalue weighted by Gasteiger charge is 2.36. The first-order valence-electron chi connectivity index (χ1n) is 7.49. The number of carbonyl (C=O) groups excluding carboxylic acids is 1. The average Bonchev–Trinajstić information content (AvgIpc) is 2.50. The third kappa shape index (κ3) is 4.97. The average molecular weight is 365 g/mol. The zero-order valence-electron chi connectivity index (χ0n) is 13.9. The Kier molecular flexibility index (Phi) is 6.84. The zero-order chi connectivity index (χ0) is 16.8. The minimum atomic E-state index is -0.522. The lowest BCUT2D eigenvalue weighted by Gasteiger charge is -2.33. The summed E-state index contributed by atoms with van der Waals surface area (Å²) in [6.07, 6.45) is 6.74. The maximum absolute atomic E-state index is 12.6. The fourth-order valence-corrected chi connectivity index (χ4v) is 3.06. The topological polar surface area (TPSA) is 26.3 Å². The van der Waals surface area contributed by atoms with Gasteiger partial charge in [-0.25, -0.2) is 0 Å². The molecule has 120 valence electrons. The van der Waals surface area contributed by atoms with E-state index in [4.69, 9.17) is 11.2 Å². The number of hydrogen-bond acceptors (Lipinski definition) is 2. The summed E-state index contributed by atoms with van der Waals surface area (Å²) in [6.45, 7) is 8.38. The Balaban J connectivity index is 2.99. The van der Waals surface area contributed by atoms with Gasteiger partial charge >= 0.3 is 0 Å². The number of aryl methyl sites for hydroxylation is 1. The van der Waals surface area contributed by atoms with Gasteiger partial charge in [-0.15, -0.1) is 6.42 Å². The van der Waals surface area contributed by atoms with Gasteiger partial charge in [-0.05, 0) is 46.1 Å². The highest BCUT2D eigenvalue weighted by Crippen LogP contribution is 2.34. The van der Waals surface area contributed by atoms with E-state index in [0.29, 0.717) is 11.9 Å². The van der Waals surface area contributed by atoms with Gasteiger partial charge in [-0.3, -0.25) is 4.79 Å². The van der Waals surface area contributed by atoms with E-state index in [1.54, 1.807) is 0 Å². The minimum absolute atomic E-state index is 0.186. The molecule has 0 saturated carbocycles. The first-order valence-corrected chi connectivity index (χ1v) is 8.61. The number of halogens is 1. The summed E-state index contributed by atoms with van der Waals surface area (Å²) < 4.78 is 5.69. The number of hydrogen-bond donors (Lipinski definition) is 0. The lowest BCUT2D eigenvalue weighted by Crippen LogP contribution is -2.37. The summed E-state index contributed by atoms with van der Waals surface area (Å²) in [6, 6.07) is 8.17. The van der Waals surface area contributed by atoms with Gasteiger partial charge < -0.3 is 4.74 Å². The van der Waals surface area contributed by atoms with Crippen molar-refractivity contribution in [3.63, 3.8) is 0 Å². The van der Waals surface area contributed by atoms with E-state index in [-0.39, 0.29) is 11.4 Å². The molecule has 22 heavy (non-hydrogen) atoms. The number of carbonyl (C=O) groups is 1. The maximum atomic E-state index is 12.6. The van der Waals surface area contributed by atoms with Gasteiger partial charge in [0.25, 0.3) is 0 Å². The van der Waals surface area contributed by atoms with E-state index in [2.05, 4.69) is 27.9 Å². The number of terminal acetylenes is 1. The van der Waals surface area contributed by atoms with E-state index in [1.165, 1.54) is 0 Å². The van der Waals surface area contributed by atoms with Crippen LogP contribution in [-0.4, -0.2) is 23.3 Å². The lowest BCUT2D eigenvalue weighted by molar-refractivity contribution is -0.122. The number of ketones is 1. The van der Waals surface area contributed by atoms with E-state index >= 15 is 0 Å². The number of ether oxygens (including phenoxy) is 1. The Bertz CT molecular complexity index is 557. The molecule has 2 nitrogen and oxygen atoms in total. The van der Waals surface area contributed by atoms with Crippen LogP contribution in [0.15, 0.2) is 24.3 Å². The number of alkyl halides is 1. The molecule has 3 heteroatoms. The molecule has 0 amide bonds. The molecule has 0 spiro atoms. The minimum Gasteiger partial charge on any atom is -0.363 e. The standard InChI is InChI=1S/C19H25BrO2/c1-6-12-22-18(3,4)10-11-19(5,17(21)14-20)16-9-7-8-15(2)13-16/h1,7-9,13H,10-12,14H2,2-5H3. The lowest BCUT2D eigenvalue weighted by atomic mass is 9.73. The quantitative estimate of drug-likeness (QED) is 0.503. The molecular formula is C19H25BrO2. The molecular weight excluding hydrogens is 340 g/mol. The van der Waals surface area contributed by atoms with Gasteiger partial charge in [0.2, 0.25) is 0 Å². The van der Waals surface area contributed by atoms with Crippen molar-refractivity contribution >= 4 is 21.7 Å². The van der Waals surface area contributed by atoms with Gasteiger partial charge in [0.1, 0.15) is 6.61 Å². The van der Waals surface area contributed by atoms with Crippen molar-refractivity contribution in [2.45, 2.75) is 51.6 Å². The second-order valence-electron chi connectivity index (χ2n) is 6.51. The predicted octanol–water partition coefficient (Wildman–Crippen LogP) is 4.43. The first-order chi connectivity index (χ1) is 10.2. The van der Waals surface area contributed by atoms with Crippen molar-refractivity contribution in [2.24, 2.45) is 0 Å². The van der Waals surface area contributed by atoms with Crippen molar-refractivity contribution in [3.05, 3.63) is 35.4 Å². The molecule has 1 unspecified atom stereocenters. The molecule has 0 bridgehead atoms. The highest BCUT2D eigenvalue weighted by molar-refractivity contribution is 9.09. The highest BCUT2D eigenvalue weighted by atomic mass is 79.9. The molecule has 0 aliphatic rings. The molecule has 1 aromatic carbocycles. The summed E-state index contributed by atoms with van der Waals surface area (Å²) in [5.74, 6) is 2.68. The Morgan fingerprint density at radius 3 is 2.55 bits per heavy atom. The van der Waals surface area contributed by atoms with Gasteiger partial charge in [-0.2, -0.15) is 0 Å². The van der Waals surface area contributed by atoms with Crippen LogP contribution >= 0.6 is 15.9 Å². The molecule has 0 aliphatic heterocycles. The smallest absolute Gasteiger partial charge is 0.153 e. The zero-order valence-corrected chi connectivity index (χ0v) is 15.5. The molecule has 0 radical (unpaired) electrons. The predicted molar refractivity (Wildman–Crippen MR) is 95.4 cm³/mol. The summed E-state index contributed by atoms with van der Waals surface area (Å²) in [7, 11) is 0. The van der Waals surface area contributed by atoms with Crippen molar-refractivity contribution < 1.29 is 9.53 Å². The van der Waals surface area contributed by atoms with Crippen molar-refractivity contribution in [1.82, 2.24) is 0 Å². The van der Waals surface area contributed by atoms with Crippen LogP contribution in [0.2, 0.25) is 0 Å². The van der Waals surface area contributed by atoms with Crippen LogP contribution in [0, 0.1) is 19.3 Å². The first kappa shape index (κ1) is 18.9. The van der Waals surface area contributed by atoms with Crippen molar-refractivity contribution in [1.29, 1.82) is 0 Å². The molecule has 1 rings (SSSR count). The van der Waals surface area contributed by atoms with E-state index in [0.717, 1.165) is 24.0 Å². The van der Waals surface area contributed by atoms with Gasteiger partial charge in [0, 0.05) is 0 Å². The number of rotatable bonds is 8. The van der Waals surface area contributed by atoms with Crippen molar-refractivity contribution in [3.8, 4) is 12.3 Å². The van der Waals surface area contributed by atoms with Crippen LogP contribution in [-0.2, 0) is 14.9 Å². The third-order valence-corrected chi connectivity index (χ3v) is 4.67. The molecule has 1 atom stereocenters. The monoisotopic (exact) mass is 364 g/mol. The summed E-state index contributed by atoms with van der Waals surface area (Å²) >= 11 is 3.32. The van der Waals surface area contributed by atoms with Crippen LogP contribution in [0.25, 0.3) is 0 Å². The Hall–Kier alpha value is -1.11. The van der Waals surface area contributed by atoms with Crippen molar-refractivity contribution in [2.75, 3.05) is 11.9 Å². The summed E-state index contributed by atoms with van der Waals surface area (Å²) in [4.78, 5) is 12.6. The van der Waals surface area contributed by atoms with Crippen LogP contribution in [0.5, 0.6) is 0 Å². The number of benzene rings is 1. The van der Waals surface area contributed by atoms with Crippen LogP contribution < -0.4 is 0 Å².